The molecule has 1 saturated carbocycles. The lowest BCUT2D eigenvalue weighted by molar-refractivity contribution is 0.0929. The molecule has 0 radical (unpaired) electrons. The molecule has 2 heterocycles. The van der Waals surface area contributed by atoms with Crippen molar-refractivity contribution in [2.45, 2.75) is 38.1 Å². The first-order valence-corrected chi connectivity index (χ1v) is 9.00. The topological polar surface area (TPSA) is 57.8 Å². The highest BCUT2D eigenvalue weighted by molar-refractivity contribution is 7.13. The van der Waals surface area contributed by atoms with Gasteiger partial charge in [-0.2, -0.15) is 0 Å². The summed E-state index contributed by atoms with van der Waals surface area (Å²) in [5, 5.41) is 4.20. The van der Waals surface area contributed by atoms with Crippen LogP contribution in [0.25, 0.3) is 21.3 Å². The number of hydrogen-bond acceptors (Lipinski definition) is 3. The molecule has 5 heteroatoms. The number of fused-ring (bicyclic) bond motifs is 1. The van der Waals surface area contributed by atoms with E-state index in [2.05, 4.69) is 21.4 Å². The molecule has 0 unspecified atom stereocenters. The number of hydrogen-bond donors (Lipinski definition) is 2. The summed E-state index contributed by atoms with van der Waals surface area (Å²) >= 11 is 1.59. The van der Waals surface area contributed by atoms with Gasteiger partial charge in [0.15, 0.2) is 0 Å². The second-order valence-corrected chi connectivity index (χ2v) is 7.02. The van der Waals surface area contributed by atoms with Crippen LogP contribution in [0.2, 0.25) is 0 Å². The summed E-state index contributed by atoms with van der Waals surface area (Å²) in [5.74, 6) is 0.0351. The van der Waals surface area contributed by atoms with Gasteiger partial charge in [-0.1, -0.05) is 19.3 Å². The summed E-state index contributed by atoms with van der Waals surface area (Å²) < 4.78 is 0. The summed E-state index contributed by atoms with van der Waals surface area (Å²) in [5.41, 5.74) is 4.59. The lowest BCUT2D eigenvalue weighted by Crippen LogP contribution is -2.36. The Morgan fingerprint density at radius 1 is 1.26 bits per heavy atom. The molecule has 1 aliphatic rings. The number of carbonyl (C=O) groups excluding carboxylic acids is 1. The van der Waals surface area contributed by atoms with Gasteiger partial charge >= 0.3 is 0 Å². The molecule has 0 saturated heterocycles. The molecule has 1 aromatic carbocycles. The maximum Gasteiger partial charge on any atom is 0.252 e. The van der Waals surface area contributed by atoms with Crippen molar-refractivity contribution in [3.05, 3.63) is 41.7 Å². The third-order valence-electron chi connectivity index (χ3n) is 4.57. The van der Waals surface area contributed by atoms with Crippen LogP contribution in [-0.4, -0.2) is 21.9 Å². The lowest BCUT2D eigenvalue weighted by atomic mass is 9.95. The van der Waals surface area contributed by atoms with Crippen LogP contribution in [0.1, 0.15) is 42.5 Å². The SMILES string of the molecule is O=C(NC1CCCCC1)c1cc(-c2cncs2)cc2[nH]ccc12. The molecular formula is C18H19N3OS. The number of aromatic nitrogens is 2. The number of thiazole rings is 1. The number of carbonyl (C=O) groups is 1. The predicted octanol–water partition coefficient (Wildman–Crippen LogP) is 4.35. The van der Waals surface area contributed by atoms with Gasteiger partial charge in [0.25, 0.3) is 5.91 Å². The first kappa shape index (κ1) is 14.5. The second-order valence-electron chi connectivity index (χ2n) is 6.14. The van der Waals surface area contributed by atoms with Gasteiger partial charge in [0.2, 0.25) is 0 Å². The fourth-order valence-corrected chi connectivity index (χ4v) is 3.98. The van der Waals surface area contributed by atoms with Gasteiger partial charge < -0.3 is 10.3 Å². The Labute approximate surface area is 138 Å². The average Bonchev–Trinajstić information content (AvgIpc) is 3.26. The van der Waals surface area contributed by atoms with Crippen molar-refractivity contribution >= 4 is 28.1 Å². The quantitative estimate of drug-likeness (QED) is 0.752. The molecule has 3 aromatic rings. The zero-order valence-electron chi connectivity index (χ0n) is 12.8. The third kappa shape index (κ3) is 2.88. The fraction of sp³-hybridized carbons (Fsp3) is 0.333. The summed E-state index contributed by atoms with van der Waals surface area (Å²) in [7, 11) is 0. The van der Waals surface area contributed by atoms with Crippen molar-refractivity contribution in [1.82, 2.24) is 15.3 Å². The number of aromatic amines is 1. The molecule has 23 heavy (non-hydrogen) atoms. The summed E-state index contributed by atoms with van der Waals surface area (Å²) in [6.45, 7) is 0. The molecule has 4 nitrogen and oxygen atoms in total. The Bertz CT molecular complexity index is 816. The fourth-order valence-electron chi connectivity index (χ4n) is 3.37. The number of nitrogens with zero attached hydrogens (tertiary/aromatic N) is 1. The van der Waals surface area contributed by atoms with Gasteiger partial charge in [-0.3, -0.25) is 9.78 Å². The van der Waals surface area contributed by atoms with Gasteiger partial charge in [0.05, 0.1) is 10.4 Å². The molecule has 118 valence electrons. The molecule has 0 spiro atoms. The maximum absolute atomic E-state index is 12.8. The van der Waals surface area contributed by atoms with Crippen molar-refractivity contribution in [1.29, 1.82) is 0 Å². The van der Waals surface area contributed by atoms with E-state index in [9.17, 15) is 4.79 Å². The second kappa shape index (κ2) is 6.16. The molecule has 1 aliphatic carbocycles. The smallest absolute Gasteiger partial charge is 0.252 e. The number of rotatable bonds is 3. The molecule has 2 aromatic heterocycles. The Kier molecular flexibility index (Phi) is 3.87. The third-order valence-corrected chi connectivity index (χ3v) is 5.39. The Morgan fingerprint density at radius 2 is 2.13 bits per heavy atom. The zero-order valence-corrected chi connectivity index (χ0v) is 13.7. The zero-order chi connectivity index (χ0) is 15.6. The van der Waals surface area contributed by atoms with E-state index >= 15 is 0 Å². The van der Waals surface area contributed by atoms with Crippen LogP contribution in [0.3, 0.4) is 0 Å². The highest BCUT2D eigenvalue weighted by Crippen LogP contribution is 2.29. The van der Waals surface area contributed by atoms with Crippen LogP contribution in [-0.2, 0) is 0 Å². The van der Waals surface area contributed by atoms with Crippen LogP contribution >= 0.6 is 11.3 Å². The number of amides is 1. The molecule has 0 bridgehead atoms. The van der Waals surface area contributed by atoms with Gasteiger partial charge in [-0.25, -0.2) is 0 Å². The minimum Gasteiger partial charge on any atom is -0.361 e. The Balaban J connectivity index is 1.69. The van der Waals surface area contributed by atoms with Gasteiger partial charge in [0.1, 0.15) is 0 Å². The summed E-state index contributed by atoms with van der Waals surface area (Å²) in [4.78, 5) is 21.3. The summed E-state index contributed by atoms with van der Waals surface area (Å²) in [6, 6.07) is 6.36. The van der Waals surface area contributed by atoms with Crippen LogP contribution in [0.5, 0.6) is 0 Å². The van der Waals surface area contributed by atoms with Gasteiger partial charge in [-0.15, -0.1) is 11.3 Å². The summed E-state index contributed by atoms with van der Waals surface area (Å²) in [6.07, 6.45) is 9.63. The normalized spacial score (nSPS) is 15.8. The molecule has 4 rings (SSSR count). The molecular weight excluding hydrogens is 306 g/mol. The predicted molar refractivity (Wildman–Crippen MR) is 93.7 cm³/mol. The standard InChI is InChI=1S/C18H19N3OS/c22-18(21-13-4-2-1-3-5-13)15-8-12(17-10-19-11-23-17)9-16-14(15)6-7-20-16/h6-11,13,20H,1-5H2,(H,21,22). The minimum atomic E-state index is 0.0351. The first-order valence-electron chi connectivity index (χ1n) is 8.12. The van der Waals surface area contributed by atoms with Crippen molar-refractivity contribution in [3.63, 3.8) is 0 Å². The lowest BCUT2D eigenvalue weighted by Gasteiger charge is -2.23. The van der Waals surface area contributed by atoms with E-state index in [1.807, 2.05) is 30.0 Å². The highest BCUT2D eigenvalue weighted by atomic mass is 32.1. The monoisotopic (exact) mass is 325 g/mol. The van der Waals surface area contributed by atoms with E-state index in [0.29, 0.717) is 6.04 Å². The van der Waals surface area contributed by atoms with E-state index < -0.39 is 0 Å². The molecule has 0 aliphatic heterocycles. The van der Waals surface area contributed by atoms with Crippen molar-refractivity contribution in [2.75, 3.05) is 0 Å². The van der Waals surface area contributed by atoms with E-state index in [1.165, 1.54) is 19.3 Å². The number of nitrogens with one attached hydrogen (secondary N) is 2. The molecule has 2 N–H and O–H groups in total. The van der Waals surface area contributed by atoms with E-state index in [0.717, 1.165) is 39.7 Å². The highest BCUT2D eigenvalue weighted by Gasteiger charge is 2.19. The largest absolute Gasteiger partial charge is 0.361 e. The van der Waals surface area contributed by atoms with Crippen LogP contribution in [0.15, 0.2) is 36.1 Å². The van der Waals surface area contributed by atoms with Gasteiger partial charge in [0, 0.05) is 34.9 Å². The Hall–Kier alpha value is -2.14. The van der Waals surface area contributed by atoms with E-state index in [-0.39, 0.29) is 5.91 Å². The van der Waals surface area contributed by atoms with Crippen molar-refractivity contribution < 1.29 is 4.79 Å². The van der Waals surface area contributed by atoms with E-state index in [1.54, 1.807) is 11.3 Å². The van der Waals surface area contributed by atoms with Crippen molar-refractivity contribution in [3.8, 4) is 10.4 Å². The Morgan fingerprint density at radius 3 is 2.91 bits per heavy atom. The number of benzene rings is 1. The minimum absolute atomic E-state index is 0.0351. The molecule has 1 amide bonds. The van der Waals surface area contributed by atoms with Gasteiger partial charge in [-0.05, 0) is 36.6 Å². The van der Waals surface area contributed by atoms with Crippen LogP contribution in [0, 0.1) is 0 Å². The molecule has 1 fully saturated rings. The van der Waals surface area contributed by atoms with Crippen molar-refractivity contribution in [2.24, 2.45) is 0 Å². The first-order chi connectivity index (χ1) is 11.3. The van der Waals surface area contributed by atoms with E-state index in [4.69, 9.17) is 0 Å². The maximum atomic E-state index is 12.8. The van der Waals surface area contributed by atoms with Crippen LogP contribution < -0.4 is 5.32 Å². The average molecular weight is 325 g/mol. The molecule has 0 atom stereocenters. The number of H-pyrrole nitrogens is 1. The van der Waals surface area contributed by atoms with Crippen LogP contribution in [0.4, 0.5) is 0 Å².